The number of aliphatic hydroxyl groups is 1. The van der Waals surface area contributed by atoms with E-state index in [4.69, 9.17) is 0 Å². The first kappa shape index (κ1) is 13.1. The van der Waals surface area contributed by atoms with Gasteiger partial charge in [-0.2, -0.15) is 0 Å². The fourth-order valence-electron chi connectivity index (χ4n) is 1.65. The zero-order chi connectivity index (χ0) is 13.3. The van der Waals surface area contributed by atoms with E-state index in [1.807, 2.05) is 0 Å². The average molecular weight is 317 g/mol. The van der Waals surface area contributed by atoms with Gasteiger partial charge in [-0.15, -0.1) is 0 Å². The third kappa shape index (κ3) is 2.28. The molecular formula is C13H8BrF3O. The van der Waals surface area contributed by atoms with Crippen molar-refractivity contribution in [2.75, 3.05) is 0 Å². The topological polar surface area (TPSA) is 20.2 Å². The molecule has 2 aromatic rings. The van der Waals surface area contributed by atoms with Crippen molar-refractivity contribution in [1.29, 1.82) is 0 Å². The lowest BCUT2D eigenvalue weighted by molar-refractivity contribution is 0.204. The molecule has 0 spiro atoms. The molecule has 18 heavy (non-hydrogen) atoms. The van der Waals surface area contributed by atoms with Crippen LogP contribution in [0.1, 0.15) is 17.2 Å². The van der Waals surface area contributed by atoms with E-state index < -0.39 is 29.1 Å². The molecule has 1 nitrogen and oxygen atoms in total. The minimum atomic E-state index is -1.69. The molecule has 0 bridgehead atoms. The number of rotatable bonds is 2. The molecule has 0 aliphatic carbocycles. The Balaban J connectivity index is 2.56. The molecule has 0 amide bonds. The van der Waals surface area contributed by atoms with Crippen LogP contribution in [0.3, 0.4) is 0 Å². The van der Waals surface area contributed by atoms with Gasteiger partial charge in [0.1, 0.15) is 23.6 Å². The highest BCUT2D eigenvalue weighted by molar-refractivity contribution is 9.10. The van der Waals surface area contributed by atoms with E-state index in [9.17, 15) is 18.3 Å². The predicted molar refractivity (Wildman–Crippen MR) is 64.5 cm³/mol. The first-order valence-corrected chi connectivity index (χ1v) is 5.87. The van der Waals surface area contributed by atoms with Crippen LogP contribution in [0, 0.1) is 17.5 Å². The van der Waals surface area contributed by atoms with Crippen LogP contribution >= 0.6 is 15.9 Å². The van der Waals surface area contributed by atoms with Gasteiger partial charge in [0.15, 0.2) is 0 Å². The van der Waals surface area contributed by atoms with Crippen molar-refractivity contribution in [3.05, 3.63) is 69.4 Å². The molecule has 1 N–H and O–H groups in total. The molecule has 2 aromatic carbocycles. The van der Waals surface area contributed by atoms with Gasteiger partial charge < -0.3 is 5.11 Å². The summed E-state index contributed by atoms with van der Waals surface area (Å²) in [5.41, 5.74) is -0.747. The standard InChI is InChI=1S/C13H8BrF3O/c14-8-5-6-10(16)11(12(8)17)13(18)7-3-1-2-4-9(7)15/h1-6,13,18H. The Hall–Kier alpha value is -1.33. The van der Waals surface area contributed by atoms with Crippen LogP contribution < -0.4 is 0 Å². The van der Waals surface area contributed by atoms with Crippen molar-refractivity contribution in [2.24, 2.45) is 0 Å². The number of halogens is 4. The Morgan fingerprint density at radius 1 is 0.944 bits per heavy atom. The van der Waals surface area contributed by atoms with E-state index in [1.165, 1.54) is 24.3 Å². The van der Waals surface area contributed by atoms with Gasteiger partial charge in [0, 0.05) is 5.56 Å². The summed E-state index contributed by atoms with van der Waals surface area (Å²) >= 11 is 2.89. The smallest absolute Gasteiger partial charge is 0.146 e. The van der Waals surface area contributed by atoms with Crippen LogP contribution in [0.4, 0.5) is 13.2 Å². The molecule has 1 atom stereocenters. The van der Waals surface area contributed by atoms with Gasteiger partial charge in [-0.05, 0) is 34.1 Å². The third-order valence-corrected chi connectivity index (χ3v) is 3.17. The number of hydrogen-bond donors (Lipinski definition) is 1. The van der Waals surface area contributed by atoms with E-state index in [0.29, 0.717) is 0 Å². The first-order chi connectivity index (χ1) is 8.52. The molecule has 0 saturated carbocycles. The molecule has 0 aliphatic rings. The van der Waals surface area contributed by atoms with Crippen molar-refractivity contribution in [1.82, 2.24) is 0 Å². The second kappa shape index (κ2) is 5.12. The summed E-state index contributed by atoms with van der Waals surface area (Å²) in [7, 11) is 0. The van der Waals surface area contributed by atoms with Crippen LogP contribution in [0.15, 0.2) is 40.9 Å². The van der Waals surface area contributed by atoms with Crippen LogP contribution in [0.5, 0.6) is 0 Å². The van der Waals surface area contributed by atoms with Gasteiger partial charge in [0.2, 0.25) is 0 Å². The molecule has 0 radical (unpaired) electrons. The van der Waals surface area contributed by atoms with Crippen molar-refractivity contribution in [3.63, 3.8) is 0 Å². The van der Waals surface area contributed by atoms with Gasteiger partial charge >= 0.3 is 0 Å². The third-order valence-electron chi connectivity index (χ3n) is 2.55. The zero-order valence-electron chi connectivity index (χ0n) is 9.00. The van der Waals surface area contributed by atoms with E-state index in [2.05, 4.69) is 15.9 Å². The summed E-state index contributed by atoms with van der Waals surface area (Å²) in [4.78, 5) is 0. The lowest BCUT2D eigenvalue weighted by Gasteiger charge is -2.14. The molecule has 0 saturated heterocycles. The Morgan fingerprint density at radius 2 is 1.61 bits per heavy atom. The molecule has 0 heterocycles. The normalized spacial score (nSPS) is 12.5. The fourth-order valence-corrected chi connectivity index (χ4v) is 1.99. The van der Waals surface area contributed by atoms with E-state index in [0.717, 1.165) is 12.1 Å². The molecule has 0 aromatic heterocycles. The van der Waals surface area contributed by atoms with Crippen molar-refractivity contribution < 1.29 is 18.3 Å². The summed E-state index contributed by atoms with van der Waals surface area (Å²) < 4.78 is 40.8. The highest BCUT2D eigenvalue weighted by atomic mass is 79.9. The summed E-state index contributed by atoms with van der Waals surface area (Å²) in [6, 6.07) is 7.50. The average Bonchev–Trinajstić information content (AvgIpc) is 2.35. The predicted octanol–water partition coefficient (Wildman–Crippen LogP) is 3.95. The zero-order valence-corrected chi connectivity index (χ0v) is 10.6. The monoisotopic (exact) mass is 316 g/mol. The molecule has 1 unspecified atom stereocenters. The molecule has 0 fully saturated rings. The van der Waals surface area contributed by atoms with Crippen LogP contribution in [-0.2, 0) is 0 Å². The molecule has 2 rings (SSSR count). The Labute approximate surface area is 110 Å². The maximum Gasteiger partial charge on any atom is 0.146 e. The maximum atomic E-state index is 13.8. The Kier molecular flexibility index (Phi) is 3.73. The van der Waals surface area contributed by atoms with Crippen LogP contribution in [0.2, 0.25) is 0 Å². The van der Waals surface area contributed by atoms with Crippen molar-refractivity contribution in [2.45, 2.75) is 6.10 Å². The maximum absolute atomic E-state index is 13.8. The molecule has 0 aliphatic heterocycles. The van der Waals surface area contributed by atoms with Gasteiger partial charge in [-0.25, -0.2) is 13.2 Å². The second-order valence-electron chi connectivity index (χ2n) is 3.68. The highest BCUT2D eigenvalue weighted by Crippen LogP contribution is 2.31. The van der Waals surface area contributed by atoms with Crippen molar-refractivity contribution >= 4 is 15.9 Å². The number of benzene rings is 2. The second-order valence-corrected chi connectivity index (χ2v) is 4.54. The largest absolute Gasteiger partial charge is 0.383 e. The summed E-state index contributed by atoms with van der Waals surface area (Å²) in [5, 5.41) is 9.92. The number of hydrogen-bond acceptors (Lipinski definition) is 1. The van der Waals surface area contributed by atoms with E-state index in [-0.39, 0.29) is 10.0 Å². The summed E-state index contributed by atoms with van der Waals surface area (Å²) in [5.74, 6) is -2.58. The van der Waals surface area contributed by atoms with E-state index in [1.54, 1.807) is 0 Å². The number of aliphatic hydroxyl groups excluding tert-OH is 1. The fraction of sp³-hybridized carbons (Fsp3) is 0.0769. The quantitative estimate of drug-likeness (QED) is 0.832. The lowest BCUT2D eigenvalue weighted by atomic mass is 10.00. The Morgan fingerprint density at radius 3 is 2.28 bits per heavy atom. The highest BCUT2D eigenvalue weighted by Gasteiger charge is 2.23. The van der Waals surface area contributed by atoms with Crippen molar-refractivity contribution in [3.8, 4) is 0 Å². The minimum Gasteiger partial charge on any atom is -0.383 e. The Bertz CT molecular complexity index is 586. The van der Waals surface area contributed by atoms with Gasteiger partial charge in [0.05, 0.1) is 10.0 Å². The molecule has 5 heteroatoms. The SMILES string of the molecule is OC(c1ccccc1F)c1c(F)ccc(Br)c1F. The first-order valence-electron chi connectivity index (χ1n) is 5.08. The van der Waals surface area contributed by atoms with Crippen LogP contribution in [-0.4, -0.2) is 5.11 Å². The summed E-state index contributed by atoms with van der Waals surface area (Å²) in [6.07, 6.45) is -1.69. The van der Waals surface area contributed by atoms with Gasteiger partial charge in [-0.3, -0.25) is 0 Å². The lowest BCUT2D eigenvalue weighted by Crippen LogP contribution is -2.08. The van der Waals surface area contributed by atoms with E-state index >= 15 is 0 Å². The molecular weight excluding hydrogens is 309 g/mol. The minimum absolute atomic E-state index is 0.00860. The molecule has 94 valence electrons. The van der Waals surface area contributed by atoms with Gasteiger partial charge in [-0.1, -0.05) is 18.2 Å². The van der Waals surface area contributed by atoms with Gasteiger partial charge in [0.25, 0.3) is 0 Å². The van der Waals surface area contributed by atoms with Crippen LogP contribution in [0.25, 0.3) is 0 Å². The summed E-state index contributed by atoms with van der Waals surface area (Å²) in [6.45, 7) is 0.